The molecular formula is C14H29ClN2. The molecule has 3 heteroatoms. The van der Waals surface area contributed by atoms with E-state index in [-0.39, 0.29) is 12.4 Å². The topological polar surface area (TPSA) is 15.3 Å². The van der Waals surface area contributed by atoms with E-state index in [9.17, 15) is 0 Å². The number of piperidine rings is 1. The van der Waals surface area contributed by atoms with Gasteiger partial charge in [-0.05, 0) is 57.5 Å². The van der Waals surface area contributed by atoms with E-state index in [0.717, 1.165) is 23.9 Å². The first-order valence-corrected chi connectivity index (χ1v) is 7.15. The van der Waals surface area contributed by atoms with Gasteiger partial charge >= 0.3 is 0 Å². The molecule has 0 radical (unpaired) electrons. The fourth-order valence-electron chi connectivity index (χ4n) is 2.81. The van der Waals surface area contributed by atoms with Crippen molar-refractivity contribution in [3.8, 4) is 0 Å². The first-order chi connectivity index (χ1) is 7.68. The molecule has 17 heavy (non-hydrogen) atoms. The molecule has 2 rings (SSSR count). The summed E-state index contributed by atoms with van der Waals surface area (Å²) in [6.07, 6.45) is 5.69. The summed E-state index contributed by atoms with van der Waals surface area (Å²) >= 11 is 0. The first-order valence-electron chi connectivity index (χ1n) is 7.15. The van der Waals surface area contributed by atoms with Gasteiger partial charge in [-0.25, -0.2) is 0 Å². The minimum atomic E-state index is 0. The lowest BCUT2D eigenvalue weighted by atomic mass is 9.96. The number of rotatable bonds is 5. The first kappa shape index (κ1) is 15.3. The Bertz CT molecular complexity index is 210. The van der Waals surface area contributed by atoms with Crippen LogP contribution in [0, 0.1) is 11.8 Å². The summed E-state index contributed by atoms with van der Waals surface area (Å²) in [7, 11) is 0. The summed E-state index contributed by atoms with van der Waals surface area (Å²) in [5.74, 6) is 1.69. The zero-order valence-electron chi connectivity index (χ0n) is 11.6. The van der Waals surface area contributed by atoms with Crippen molar-refractivity contribution in [3.63, 3.8) is 0 Å². The van der Waals surface area contributed by atoms with Gasteiger partial charge in [0.05, 0.1) is 0 Å². The molecule has 0 aromatic rings. The van der Waals surface area contributed by atoms with Crippen LogP contribution in [0.15, 0.2) is 0 Å². The third-order valence-corrected chi connectivity index (χ3v) is 4.37. The maximum absolute atomic E-state index is 3.54. The highest BCUT2D eigenvalue weighted by molar-refractivity contribution is 5.85. The molecular weight excluding hydrogens is 232 g/mol. The monoisotopic (exact) mass is 260 g/mol. The summed E-state index contributed by atoms with van der Waals surface area (Å²) in [5.41, 5.74) is 0. The molecule has 2 unspecified atom stereocenters. The molecule has 1 aliphatic carbocycles. The van der Waals surface area contributed by atoms with Crippen LogP contribution in [-0.4, -0.2) is 36.6 Å². The number of hydrogen-bond donors (Lipinski definition) is 1. The average molecular weight is 261 g/mol. The van der Waals surface area contributed by atoms with Crippen molar-refractivity contribution < 1.29 is 0 Å². The number of halogens is 1. The lowest BCUT2D eigenvalue weighted by molar-refractivity contribution is 0.125. The molecule has 1 aliphatic heterocycles. The van der Waals surface area contributed by atoms with Gasteiger partial charge in [-0.2, -0.15) is 0 Å². The van der Waals surface area contributed by atoms with Crippen molar-refractivity contribution >= 4 is 12.4 Å². The second-order valence-electron chi connectivity index (χ2n) is 6.12. The van der Waals surface area contributed by atoms with Crippen LogP contribution in [0.5, 0.6) is 0 Å². The lowest BCUT2D eigenvalue weighted by Gasteiger charge is -2.36. The van der Waals surface area contributed by atoms with Gasteiger partial charge in [0.25, 0.3) is 0 Å². The summed E-state index contributed by atoms with van der Waals surface area (Å²) in [4.78, 5) is 2.79. The van der Waals surface area contributed by atoms with Crippen LogP contribution >= 0.6 is 12.4 Å². The summed E-state index contributed by atoms with van der Waals surface area (Å²) < 4.78 is 0. The van der Waals surface area contributed by atoms with E-state index in [0.29, 0.717) is 0 Å². The molecule has 0 amide bonds. The molecule has 2 fully saturated rings. The Morgan fingerprint density at radius 1 is 1.18 bits per heavy atom. The molecule has 1 N–H and O–H groups in total. The Balaban J connectivity index is 0.00000144. The van der Waals surface area contributed by atoms with Crippen molar-refractivity contribution in [1.29, 1.82) is 0 Å². The standard InChI is InChI=1S/C14H28N2.ClH/c1-11(2)12(3)16(14-6-7-14)10-13-5-4-8-15-9-13;/h11-15H,4-10H2,1-3H3;1H. The third-order valence-electron chi connectivity index (χ3n) is 4.37. The van der Waals surface area contributed by atoms with Crippen molar-refractivity contribution in [2.45, 2.75) is 58.5 Å². The molecule has 2 nitrogen and oxygen atoms in total. The number of nitrogens with zero attached hydrogens (tertiary/aromatic N) is 1. The van der Waals surface area contributed by atoms with Crippen molar-refractivity contribution in [1.82, 2.24) is 10.2 Å². The van der Waals surface area contributed by atoms with Crippen LogP contribution in [0.25, 0.3) is 0 Å². The second kappa shape index (κ2) is 6.96. The van der Waals surface area contributed by atoms with Gasteiger partial charge in [0.15, 0.2) is 0 Å². The maximum atomic E-state index is 3.54. The Morgan fingerprint density at radius 2 is 1.88 bits per heavy atom. The van der Waals surface area contributed by atoms with E-state index in [1.54, 1.807) is 0 Å². The van der Waals surface area contributed by atoms with Crippen LogP contribution < -0.4 is 5.32 Å². The van der Waals surface area contributed by atoms with E-state index in [2.05, 4.69) is 31.0 Å². The highest BCUT2D eigenvalue weighted by Gasteiger charge is 2.34. The van der Waals surface area contributed by atoms with Gasteiger partial charge in [-0.15, -0.1) is 12.4 Å². The summed E-state index contributed by atoms with van der Waals surface area (Å²) in [5, 5.41) is 3.54. The normalized spacial score (nSPS) is 27.0. The lowest BCUT2D eigenvalue weighted by Crippen LogP contribution is -2.44. The van der Waals surface area contributed by atoms with E-state index in [1.807, 2.05) is 0 Å². The summed E-state index contributed by atoms with van der Waals surface area (Å²) in [6, 6.07) is 1.67. The molecule has 0 bridgehead atoms. The predicted octanol–water partition coefficient (Wildman–Crippen LogP) is 2.92. The van der Waals surface area contributed by atoms with Crippen LogP contribution in [0.3, 0.4) is 0 Å². The Hall–Kier alpha value is 0.210. The summed E-state index contributed by atoms with van der Waals surface area (Å²) in [6.45, 7) is 10.9. The fraction of sp³-hybridized carbons (Fsp3) is 1.00. The van der Waals surface area contributed by atoms with Crippen molar-refractivity contribution in [2.75, 3.05) is 19.6 Å². The van der Waals surface area contributed by atoms with E-state index in [4.69, 9.17) is 0 Å². The molecule has 2 atom stereocenters. The maximum Gasteiger partial charge on any atom is 0.00994 e. The largest absolute Gasteiger partial charge is 0.316 e. The number of hydrogen-bond acceptors (Lipinski definition) is 2. The second-order valence-corrected chi connectivity index (χ2v) is 6.12. The van der Waals surface area contributed by atoms with Crippen LogP contribution in [-0.2, 0) is 0 Å². The number of nitrogens with one attached hydrogen (secondary N) is 1. The minimum absolute atomic E-state index is 0. The predicted molar refractivity (Wildman–Crippen MR) is 76.9 cm³/mol. The van der Waals surface area contributed by atoms with Gasteiger partial charge in [0, 0.05) is 18.6 Å². The minimum Gasteiger partial charge on any atom is -0.316 e. The van der Waals surface area contributed by atoms with Gasteiger partial charge in [0.1, 0.15) is 0 Å². The fourth-order valence-corrected chi connectivity index (χ4v) is 2.81. The van der Waals surface area contributed by atoms with E-state index < -0.39 is 0 Å². The van der Waals surface area contributed by atoms with Crippen molar-refractivity contribution in [3.05, 3.63) is 0 Å². The van der Waals surface area contributed by atoms with Gasteiger partial charge in [0.2, 0.25) is 0 Å². The van der Waals surface area contributed by atoms with Gasteiger partial charge in [-0.1, -0.05) is 13.8 Å². The molecule has 0 aromatic carbocycles. The Labute approximate surface area is 113 Å². The zero-order valence-corrected chi connectivity index (χ0v) is 12.4. The molecule has 1 heterocycles. The Morgan fingerprint density at radius 3 is 2.35 bits per heavy atom. The van der Waals surface area contributed by atoms with Gasteiger partial charge in [-0.3, -0.25) is 4.90 Å². The van der Waals surface area contributed by atoms with Crippen LogP contribution in [0.4, 0.5) is 0 Å². The highest BCUT2D eigenvalue weighted by atomic mass is 35.5. The smallest absolute Gasteiger partial charge is 0.00994 e. The van der Waals surface area contributed by atoms with Crippen molar-refractivity contribution in [2.24, 2.45) is 11.8 Å². The molecule has 1 saturated heterocycles. The third kappa shape index (κ3) is 4.42. The quantitative estimate of drug-likeness (QED) is 0.818. The van der Waals surface area contributed by atoms with Gasteiger partial charge < -0.3 is 5.32 Å². The van der Waals surface area contributed by atoms with E-state index in [1.165, 1.54) is 45.3 Å². The SMILES string of the molecule is CC(C)C(C)N(CC1CCCNC1)C1CC1.Cl. The average Bonchev–Trinajstić information content (AvgIpc) is 3.10. The molecule has 102 valence electrons. The van der Waals surface area contributed by atoms with E-state index >= 15 is 0 Å². The van der Waals surface area contributed by atoms with Crippen LogP contribution in [0.2, 0.25) is 0 Å². The molecule has 1 saturated carbocycles. The Kier molecular flexibility index (Phi) is 6.25. The zero-order chi connectivity index (χ0) is 11.5. The molecule has 2 aliphatic rings. The molecule has 0 aromatic heterocycles. The molecule has 0 spiro atoms. The van der Waals surface area contributed by atoms with Crippen LogP contribution in [0.1, 0.15) is 46.5 Å². The highest BCUT2D eigenvalue weighted by Crippen LogP contribution is 2.32.